The molecule has 1 saturated carbocycles. The lowest BCUT2D eigenvalue weighted by Crippen LogP contribution is -2.26. The van der Waals surface area contributed by atoms with Crippen LogP contribution in [-0.4, -0.2) is 30.0 Å². The zero-order valence-electron chi connectivity index (χ0n) is 15.9. The molecule has 29 heavy (non-hydrogen) atoms. The summed E-state index contributed by atoms with van der Waals surface area (Å²) in [5.41, 5.74) is 1.69. The third kappa shape index (κ3) is 3.83. The SMILES string of the molecule is O=C(COC(=O)C1CCCCC1)Nc1ccc2c(c1)C(=O)c1ccccc1C2=O. The van der Waals surface area contributed by atoms with Crippen molar-refractivity contribution in [3.05, 3.63) is 64.7 Å². The number of benzene rings is 2. The Hall–Kier alpha value is -3.28. The summed E-state index contributed by atoms with van der Waals surface area (Å²) in [5, 5.41) is 2.63. The molecule has 6 nitrogen and oxygen atoms in total. The summed E-state index contributed by atoms with van der Waals surface area (Å²) in [5.74, 6) is -1.40. The number of esters is 1. The first-order valence-electron chi connectivity index (χ1n) is 9.83. The molecule has 0 bridgehead atoms. The molecule has 2 aromatic carbocycles. The van der Waals surface area contributed by atoms with Crippen LogP contribution in [0.2, 0.25) is 0 Å². The normalized spacial score (nSPS) is 16.0. The van der Waals surface area contributed by atoms with Crippen LogP contribution in [-0.2, 0) is 14.3 Å². The van der Waals surface area contributed by atoms with Gasteiger partial charge < -0.3 is 10.1 Å². The summed E-state index contributed by atoms with van der Waals surface area (Å²) in [6, 6.07) is 11.3. The van der Waals surface area contributed by atoms with Gasteiger partial charge in [0, 0.05) is 27.9 Å². The third-order valence-electron chi connectivity index (χ3n) is 5.49. The van der Waals surface area contributed by atoms with Crippen LogP contribution in [0.5, 0.6) is 0 Å². The van der Waals surface area contributed by atoms with Crippen LogP contribution in [0, 0.1) is 5.92 Å². The molecule has 1 amide bonds. The number of nitrogens with one attached hydrogen (secondary N) is 1. The van der Waals surface area contributed by atoms with Crippen LogP contribution in [0.25, 0.3) is 0 Å². The molecule has 2 aliphatic carbocycles. The van der Waals surface area contributed by atoms with E-state index in [0.29, 0.717) is 22.4 Å². The highest BCUT2D eigenvalue weighted by molar-refractivity contribution is 6.28. The van der Waals surface area contributed by atoms with Gasteiger partial charge in [0.1, 0.15) is 0 Å². The lowest BCUT2D eigenvalue weighted by Gasteiger charge is -2.20. The molecule has 1 fully saturated rings. The van der Waals surface area contributed by atoms with E-state index >= 15 is 0 Å². The number of carbonyl (C=O) groups excluding carboxylic acids is 4. The monoisotopic (exact) mass is 391 g/mol. The van der Waals surface area contributed by atoms with Crippen LogP contribution >= 0.6 is 0 Å². The topological polar surface area (TPSA) is 89.5 Å². The Morgan fingerprint density at radius 2 is 1.48 bits per heavy atom. The Bertz CT molecular complexity index is 1000. The van der Waals surface area contributed by atoms with E-state index in [1.165, 1.54) is 12.1 Å². The average Bonchev–Trinajstić information content (AvgIpc) is 2.76. The Morgan fingerprint density at radius 3 is 2.17 bits per heavy atom. The summed E-state index contributed by atoms with van der Waals surface area (Å²) in [7, 11) is 0. The fourth-order valence-corrected chi connectivity index (χ4v) is 3.97. The number of fused-ring (bicyclic) bond motifs is 2. The van der Waals surface area contributed by atoms with Gasteiger partial charge in [0.25, 0.3) is 5.91 Å². The van der Waals surface area contributed by atoms with E-state index in [1.807, 2.05) is 0 Å². The maximum Gasteiger partial charge on any atom is 0.309 e. The Labute approximate surface area is 168 Å². The smallest absolute Gasteiger partial charge is 0.309 e. The Morgan fingerprint density at radius 1 is 0.862 bits per heavy atom. The van der Waals surface area contributed by atoms with E-state index < -0.39 is 5.91 Å². The molecule has 1 N–H and O–H groups in total. The van der Waals surface area contributed by atoms with Crippen molar-refractivity contribution >= 4 is 29.1 Å². The maximum absolute atomic E-state index is 12.7. The highest BCUT2D eigenvalue weighted by atomic mass is 16.5. The van der Waals surface area contributed by atoms with E-state index in [-0.39, 0.29) is 35.6 Å². The maximum atomic E-state index is 12.7. The fourth-order valence-electron chi connectivity index (χ4n) is 3.97. The van der Waals surface area contributed by atoms with Gasteiger partial charge in [-0.2, -0.15) is 0 Å². The molecule has 0 unspecified atom stereocenters. The molecular formula is C23H21NO5. The van der Waals surface area contributed by atoms with Gasteiger partial charge in [-0.05, 0) is 31.0 Å². The molecule has 0 aliphatic heterocycles. The van der Waals surface area contributed by atoms with E-state index in [0.717, 1.165) is 32.1 Å². The molecule has 2 aromatic rings. The van der Waals surface area contributed by atoms with Gasteiger partial charge in [0.05, 0.1) is 5.92 Å². The molecule has 0 atom stereocenters. The van der Waals surface area contributed by atoms with Crippen molar-refractivity contribution in [1.82, 2.24) is 0 Å². The van der Waals surface area contributed by atoms with Crippen molar-refractivity contribution in [2.75, 3.05) is 11.9 Å². The number of ether oxygens (including phenoxy) is 1. The summed E-state index contributed by atoms with van der Waals surface area (Å²) in [6.07, 6.45) is 4.77. The number of hydrogen-bond acceptors (Lipinski definition) is 5. The molecular weight excluding hydrogens is 370 g/mol. The molecule has 0 aromatic heterocycles. The van der Waals surface area contributed by atoms with Crippen LogP contribution in [0.15, 0.2) is 42.5 Å². The Kier molecular flexibility index (Phi) is 5.25. The third-order valence-corrected chi connectivity index (χ3v) is 5.49. The van der Waals surface area contributed by atoms with Gasteiger partial charge in [-0.1, -0.05) is 43.5 Å². The summed E-state index contributed by atoms with van der Waals surface area (Å²) in [4.78, 5) is 49.6. The molecule has 0 saturated heterocycles. The second kappa shape index (κ2) is 7.99. The van der Waals surface area contributed by atoms with Gasteiger partial charge in [-0.3, -0.25) is 19.2 Å². The number of ketones is 2. The lowest BCUT2D eigenvalue weighted by molar-refractivity contribution is -0.152. The van der Waals surface area contributed by atoms with Crippen molar-refractivity contribution < 1.29 is 23.9 Å². The van der Waals surface area contributed by atoms with E-state index in [9.17, 15) is 19.2 Å². The number of carbonyl (C=O) groups is 4. The van der Waals surface area contributed by atoms with Crippen molar-refractivity contribution in [2.45, 2.75) is 32.1 Å². The summed E-state index contributed by atoms with van der Waals surface area (Å²) in [6.45, 7) is -0.373. The predicted molar refractivity (Wildman–Crippen MR) is 106 cm³/mol. The lowest BCUT2D eigenvalue weighted by atomic mass is 9.84. The van der Waals surface area contributed by atoms with Crippen LogP contribution in [0.3, 0.4) is 0 Å². The molecule has 6 heteroatoms. The van der Waals surface area contributed by atoms with Crippen molar-refractivity contribution in [3.63, 3.8) is 0 Å². The average molecular weight is 391 g/mol. The summed E-state index contributed by atoms with van der Waals surface area (Å²) >= 11 is 0. The first kappa shape index (κ1) is 19.1. The highest BCUT2D eigenvalue weighted by Gasteiger charge is 2.29. The van der Waals surface area contributed by atoms with Gasteiger partial charge >= 0.3 is 5.97 Å². The molecule has 2 aliphatic rings. The number of hydrogen-bond donors (Lipinski definition) is 1. The zero-order chi connectivity index (χ0) is 20.4. The van der Waals surface area contributed by atoms with E-state index in [4.69, 9.17) is 4.74 Å². The first-order valence-corrected chi connectivity index (χ1v) is 9.83. The zero-order valence-corrected chi connectivity index (χ0v) is 15.9. The van der Waals surface area contributed by atoms with Crippen molar-refractivity contribution in [2.24, 2.45) is 5.92 Å². The standard InChI is InChI=1S/C23H21NO5/c25-20(13-29-23(28)14-6-2-1-3-7-14)24-15-10-11-18-19(12-15)22(27)17-9-5-4-8-16(17)21(18)26/h4-5,8-12,14H,1-3,6-7,13H2,(H,24,25). The van der Waals surface area contributed by atoms with Gasteiger partial charge in [-0.25, -0.2) is 0 Å². The van der Waals surface area contributed by atoms with Crippen LogP contribution < -0.4 is 5.32 Å². The first-order chi connectivity index (χ1) is 14.0. The highest BCUT2D eigenvalue weighted by Crippen LogP contribution is 2.29. The minimum atomic E-state index is -0.482. The molecule has 0 radical (unpaired) electrons. The molecule has 4 rings (SSSR count). The number of anilines is 1. The van der Waals surface area contributed by atoms with Crippen molar-refractivity contribution in [1.29, 1.82) is 0 Å². The van der Waals surface area contributed by atoms with Gasteiger partial charge in [0.2, 0.25) is 0 Å². The minimum Gasteiger partial charge on any atom is -0.455 e. The fraction of sp³-hybridized carbons (Fsp3) is 0.304. The second-order valence-electron chi connectivity index (χ2n) is 7.46. The molecule has 148 valence electrons. The number of rotatable bonds is 4. The minimum absolute atomic E-state index is 0.121. The van der Waals surface area contributed by atoms with Crippen molar-refractivity contribution in [3.8, 4) is 0 Å². The molecule has 0 spiro atoms. The van der Waals surface area contributed by atoms with E-state index in [2.05, 4.69) is 5.32 Å². The second-order valence-corrected chi connectivity index (χ2v) is 7.46. The van der Waals surface area contributed by atoms with Crippen LogP contribution in [0.4, 0.5) is 5.69 Å². The summed E-state index contributed by atoms with van der Waals surface area (Å²) < 4.78 is 5.14. The molecule has 0 heterocycles. The van der Waals surface area contributed by atoms with E-state index in [1.54, 1.807) is 30.3 Å². The van der Waals surface area contributed by atoms with Crippen LogP contribution in [0.1, 0.15) is 63.9 Å². The predicted octanol–water partition coefficient (Wildman–Crippen LogP) is 3.52. The quantitative estimate of drug-likeness (QED) is 0.687. The Balaban J connectivity index is 1.43. The largest absolute Gasteiger partial charge is 0.455 e. The van der Waals surface area contributed by atoms with Gasteiger partial charge in [0.15, 0.2) is 18.2 Å². The van der Waals surface area contributed by atoms with Gasteiger partial charge in [-0.15, -0.1) is 0 Å². The number of amides is 1.